The third-order valence-electron chi connectivity index (χ3n) is 1.96. The highest BCUT2D eigenvalue weighted by Crippen LogP contribution is 2.09. The van der Waals surface area contributed by atoms with Crippen LogP contribution in [0.15, 0.2) is 24.7 Å². The van der Waals surface area contributed by atoms with Gasteiger partial charge in [-0.25, -0.2) is 9.97 Å². The van der Waals surface area contributed by atoms with Crippen molar-refractivity contribution in [2.45, 2.75) is 13.0 Å². The van der Waals surface area contributed by atoms with Gasteiger partial charge in [-0.15, -0.1) is 0 Å². The number of rotatable bonds is 3. The lowest BCUT2D eigenvalue weighted by Gasteiger charge is -1.99. The van der Waals surface area contributed by atoms with Crippen LogP contribution in [0.5, 0.6) is 0 Å². The number of imidazole rings is 1. The van der Waals surface area contributed by atoms with E-state index in [4.69, 9.17) is 5.11 Å². The number of carboxylic acid groups (broad SMARTS) is 1. The Labute approximate surface area is 80.0 Å². The van der Waals surface area contributed by atoms with Crippen molar-refractivity contribution in [1.29, 1.82) is 0 Å². The summed E-state index contributed by atoms with van der Waals surface area (Å²) in [6, 6.07) is 3.68. The van der Waals surface area contributed by atoms with Gasteiger partial charge in [0.1, 0.15) is 0 Å². The first-order chi connectivity index (χ1) is 6.77. The van der Waals surface area contributed by atoms with E-state index in [1.165, 1.54) is 0 Å². The molecule has 0 amide bonds. The fraction of sp³-hybridized carbons (Fsp3) is 0.222. The van der Waals surface area contributed by atoms with Crippen LogP contribution in [0, 0.1) is 0 Å². The van der Waals surface area contributed by atoms with Crippen LogP contribution in [-0.4, -0.2) is 25.6 Å². The van der Waals surface area contributed by atoms with Crippen LogP contribution >= 0.6 is 0 Å². The quantitative estimate of drug-likeness (QED) is 0.782. The lowest BCUT2D eigenvalue weighted by Crippen LogP contribution is -2.03. The van der Waals surface area contributed by atoms with E-state index in [0.29, 0.717) is 12.2 Å². The van der Waals surface area contributed by atoms with Gasteiger partial charge in [0, 0.05) is 12.7 Å². The number of nitrogens with zero attached hydrogens (tertiary/aromatic N) is 3. The molecule has 72 valence electrons. The molecule has 0 spiro atoms. The van der Waals surface area contributed by atoms with Gasteiger partial charge in [-0.3, -0.25) is 4.79 Å². The smallest absolute Gasteiger partial charge is 0.305 e. The molecule has 14 heavy (non-hydrogen) atoms. The largest absolute Gasteiger partial charge is 0.481 e. The summed E-state index contributed by atoms with van der Waals surface area (Å²) >= 11 is 0. The molecule has 2 aromatic heterocycles. The molecule has 1 N–H and O–H groups in total. The van der Waals surface area contributed by atoms with E-state index >= 15 is 0 Å². The van der Waals surface area contributed by atoms with E-state index in [1.807, 2.05) is 6.07 Å². The predicted molar refractivity (Wildman–Crippen MR) is 49.8 cm³/mol. The van der Waals surface area contributed by atoms with Crippen molar-refractivity contribution < 1.29 is 9.90 Å². The fourth-order valence-electron chi connectivity index (χ4n) is 1.29. The zero-order valence-corrected chi connectivity index (χ0v) is 7.42. The Bertz CT molecular complexity index is 464. The number of carbonyl (C=O) groups is 1. The van der Waals surface area contributed by atoms with Crippen LogP contribution in [-0.2, 0) is 11.3 Å². The zero-order valence-electron chi connectivity index (χ0n) is 7.42. The van der Waals surface area contributed by atoms with Crippen molar-refractivity contribution in [3.8, 4) is 0 Å². The molecule has 0 saturated heterocycles. The van der Waals surface area contributed by atoms with Gasteiger partial charge in [0.05, 0.1) is 18.3 Å². The second kappa shape index (κ2) is 3.45. The molecule has 0 aliphatic carbocycles. The minimum atomic E-state index is -0.809. The van der Waals surface area contributed by atoms with Crippen molar-refractivity contribution in [3.63, 3.8) is 0 Å². The number of hydrogen-bond acceptors (Lipinski definition) is 3. The van der Waals surface area contributed by atoms with E-state index < -0.39 is 5.97 Å². The maximum Gasteiger partial charge on any atom is 0.305 e. The SMILES string of the molecule is O=C(O)CCn1cnc2ncccc21. The topological polar surface area (TPSA) is 68.0 Å². The molecule has 0 aliphatic rings. The van der Waals surface area contributed by atoms with Crippen LogP contribution in [0.1, 0.15) is 6.42 Å². The molecule has 0 fully saturated rings. The first-order valence-electron chi connectivity index (χ1n) is 4.25. The second-order valence-corrected chi connectivity index (χ2v) is 2.93. The Hall–Kier alpha value is -1.91. The molecular formula is C9H9N3O2. The summed E-state index contributed by atoms with van der Waals surface area (Å²) in [6.07, 6.45) is 3.37. The Kier molecular flexibility index (Phi) is 2.14. The number of fused-ring (bicyclic) bond motifs is 1. The average molecular weight is 191 g/mol. The number of carboxylic acids is 1. The summed E-state index contributed by atoms with van der Waals surface area (Å²) in [7, 11) is 0. The first-order valence-corrected chi connectivity index (χ1v) is 4.25. The van der Waals surface area contributed by atoms with E-state index in [2.05, 4.69) is 9.97 Å². The first kappa shape index (κ1) is 8.68. The average Bonchev–Trinajstić information content (AvgIpc) is 2.58. The molecular weight excluding hydrogens is 182 g/mol. The van der Waals surface area contributed by atoms with E-state index in [1.54, 1.807) is 23.2 Å². The van der Waals surface area contributed by atoms with Crippen LogP contribution in [0.2, 0.25) is 0 Å². The molecule has 0 atom stereocenters. The van der Waals surface area contributed by atoms with Crippen LogP contribution in [0.3, 0.4) is 0 Å². The number of pyridine rings is 1. The van der Waals surface area contributed by atoms with E-state index in [9.17, 15) is 4.79 Å². The zero-order chi connectivity index (χ0) is 9.97. The summed E-state index contributed by atoms with van der Waals surface area (Å²) < 4.78 is 1.79. The summed E-state index contributed by atoms with van der Waals surface area (Å²) in [4.78, 5) is 18.5. The van der Waals surface area contributed by atoms with Gasteiger partial charge in [-0.2, -0.15) is 0 Å². The van der Waals surface area contributed by atoms with Crippen molar-refractivity contribution in [2.75, 3.05) is 0 Å². The number of aryl methyl sites for hydroxylation is 1. The van der Waals surface area contributed by atoms with Crippen LogP contribution in [0.4, 0.5) is 0 Å². The molecule has 0 aliphatic heterocycles. The van der Waals surface area contributed by atoms with Gasteiger partial charge >= 0.3 is 5.97 Å². The number of hydrogen-bond donors (Lipinski definition) is 1. The highest BCUT2D eigenvalue weighted by Gasteiger charge is 2.03. The van der Waals surface area contributed by atoms with Gasteiger partial charge in [0.25, 0.3) is 0 Å². The molecule has 5 heteroatoms. The lowest BCUT2D eigenvalue weighted by atomic mass is 10.4. The summed E-state index contributed by atoms with van der Waals surface area (Å²) in [6.45, 7) is 0.428. The number of aliphatic carboxylic acids is 1. The Balaban J connectivity index is 2.29. The normalized spacial score (nSPS) is 10.6. The number of aromatic nitrogens is 3. The van der Waals surface area contributed by atoms with Gasteiger partial charge in [-0.1, -0.05) is 0 Å². The van der Waals surface area contributed by atoms with Crippen LogP contribution in [0.25, 0.3) is 11.2 Å². The molecule has 2 heterocycles. The summed E-state index contributed by atoms with van der Waals surface area (Å²) in [5, 5.41) is 8.54. The molecule has 2 aromatic rings. The van der Waals surface area contributed by atoms with Crippen molar-refractivity contribution in [1.82, 2.24) is 14.5 Å². The maximum atomic E-state index is 10.4. The monoisotopic (exact) mass is 191 g/mol. The highest BCUT2D eigenvalue weighted by molar-refractivity contribution is 5.71. The summed E-state index contributed by atoms with van der Waals surface area (Å²) in [5.41, 5.74) is 1.52. The van der Waals surface area contributed by atoms with Gasteiger partial charge in [-0.05, 0) is 12.1 Å². The van der Waals surface area contributed by atoms with Crippen molar-refractivity contribution >= 4 is 17.1 Å². The third kappa shape index (κ3) is 1.56. The Morgan fingerprint density at radius 2 is 2.36 bits per heavy atom. The molecule has 0 saturated carbocycles. The second-order valence-electron chi connectivity index (χ2n) is 2.93. The minimum Gasteiger partial charge on any atom is -0.481 e. The Morgan fingerprint density at radius 3 is 3.14 bits per heavy atom. The third-order valence-corrected chi connectivity index (χ3v) is 1.96. The standard InChI is InChI=1S/C9H9N3O2/c13-8(14)3-5-12-6-11-9-7(12)2-1-4-10-9/h1-2,4,6H,3,5H2,(H,13,14). The molecule has 0 bridgehead atoms. The van der Waals surface area contributed by atoms with E-state index in [-0.39, 0.29) is 6.42 Å². The van der Waals surface area contributed by atoms with Crippen molar-refractivity contribution in [3.05, 3.63) is 24.7 Å². The van der Waals surface area contributed by atoms with Crippen LogP contribution < -0.4 is 0 Å². The Morgan fingerprint density at radius 1 is 1.50 bits per heavy atom. The highest BCUT2D eigenvalue weighted by atomic mass is 16.4. The van der Waals surface area contributed by atoms with Crippen molar-refractivity contribution in [2.24, 2.45) is 0 Å². The summed E-state index contributed by atoms with van der Waals surface area (Å²) in [5.74, 6) is -0.809. The van der Waals surface area contributed by atoms with Gasteiger partial charge in [0.2, 0.25) is 0 Å². The fourth-order valence-corrected chi connectivity index (χ4v) is 1.29. The van der Waals surface area contributed by atoms with E-state index in [0.717, 1.165) is 5.52 Å². The molecule has 5 nitrogen and oxygen atoms in total. The molecule has 2 rings (SSSR count). The molecule has 0 radical (unpaired) electrons. The maximum absolute atomic E-state index is 10.4. The van der Waals surface area contributed by atoms with Gasteiger partial charge in [0.15, 0.2) is 5.65 Å². The molecule has 0 aromatic carbocycles. The molecule has 0 unspecified atom stereocenters. The lowest BCUT2D eigenvalue weighted by molar-refractivity contribution is -0.137. The minimum absolute atomic E-state index is 0.0976. The van der Waals surface area contributed by atoms with Gasteiger partial charge < -0.3 is 9.67 Å². The predicted octanol–water partition coefficient (Wildman–Crippen LogP) is 0.906.